The summed E-state index contributed by atoms with van der Waals surface area (Å²) >= 11 is 0. The quantitative estimate of drug-likeness (QED) is 0.457. The molecule has 2 aromatic heterocycles. The molecule has 16 nitrogen and oxygen atoms in total. The minimum absolute atomic E-state index is 0.0879. The van der Waals surface area contributed by atoms with Crippen LogP contribution in [0.3, 0.4) is 0 Å². The summed E-state index contributed by atoms with van der Waals surface area (Å²) in [6.07, 6.45) is 2.53. The number of carbonyl (C=O) groups excluding carboxylic acids is 4. The van der Waals surface area contributed by atoms with Gasteiger partial charge in [0.2, 0.25) is 11.8 Å². The number of hydrogen-bond acceptors (Lipinski definition) is 10. The Balaban J connectivity index is 1.36. The number of amides is 4. The van der Waals surface area contributed by atoms with Crippen molar-refractivity contribution in [2.24, 2.45) is 5.92 Å². The average Bonchev–Trinajstić information content (AvgIpc) is 3.65. The molecule has 2 atom stereocenters. The van der Waals surface area contributed by atoms with Crippen molar-refractivity contribution < 1.29 is 28.7 Å². The van der Waals surface area contributed by atoms with Crippen LogP contribution in [0.25, 0.3) is 11.4 Å². The molecule has 4 amide bonds. The topological polar surface area (TPSA) is 161 Å². The van der Waals surface area contributed by atoms with Gasteiger partial charge in [-0.15, -0.1) is 10.2 Å². The number of ether oxygens (including phenoxy) is 2. The van der Waals surface area contributed by atoms with Crippen LogP contribution in [0.1, 0.15) is 74.4 Å². The van der Waals surface area contributed by atoms with Gasteiger partial charge in [-0.05, 0) is 54.4 Å². The molecule has 0 radical (unpaired) electrons. The maximum atomic E-state index is 13.6. The second-order valence-electron chi connectivity index (χ2n) is 14.1. The lowest BCUT2D eigenvalue weighted by Gasteiger charge is -2.37. The zero-order valence-electron chi connectivity index (χ0n) is 28.5. The average molecular weight is 645 g/mol. The van der Waals surface area contributed by atoms with Crippen molar-refractivity contribution in [3.05, 3.63) is 12.4 Å². The molecule has 0 spiro atoms. The highest BCUT2D eigenvalue weighted by atomic mass is 16.6. The van der Waals surface area contributed by atoms with Crippen molar-refractivity contribution in [3.63, 3.8) is 0 Å². The van der Waals surface area contributed by atoms with Gasteiger partial charge in [0, 0.05) is 52.4 Å². The molecule has 0 aliphatic carbocycles. The van der Waals surface area contributed by atoms with Gasteiger partial charge in [0.15, 0.2) is 0 Å². The van der Waals surface area contributed by atoms with Crippen molar-refractivity contribution in [2.75, 3.05) is 52.4 Å². The first kappa shape index (κ1) is 34.6. The van der Waals surface area contributed by atoms with Gasteiger partial charge >= 0.3 is 12.2 Å². The summed E-state index contributed by atoms with van der Waals surface area (Å²) in [6.45, 7) is 19.6. The molecule has 2 fully saturated rings. The van der Waals surface area contributed by atoms with Crippen molar-refractivity contribution in [1.82, 2.24) is 49.6 Å². The van der Waals surface area contributed by atoms with Crippen LogP contribution in [-0.4, -0.2) is 137 Å². The molecule has 0 N–H and O–H groups in total. The minimum atomic E-state index is -0.631. The van der Waals surface area contributed by atoms with Crippen LogP contribution >= 0.6 is 0 Å². The summed E-state index contributed by atoms with van der Waals surface area (Å²) in [4.78, 5) is 58.4. The van der Waals surface area contributed by atoms with Crippen LogP contribution in [0.2, 0.25) is 0 Å². The maximum Gasteiger partial charge on any atom is 0.410 e. The molecule has 46 heavy (non-hydrogen) atoms. The Morgan fingerprint density at radius 2 is 0.978 bits per heavy atom. The Morgan fingerprint density at radius 1 is 0.609 bits per heavy atom. The van der Waals surface area contributed by atoms with Crippen LogP contribution in [0.4, 0.5) is 9.59 Å². The number of aromatic nitrogens is 6. The van der Waals surface area contributed by atoms with Gasteiger partial charge in [-0.2, -0.15) is 0 Å². The van der Waals surface area contributed by atoms with Gasteiger partial charge in [0.25, 0.3) is 0 Å². The second-order valence-corrected chi connectivity index (χ2v) is 14.1. The highest BCUT2D eigenvalue weighted by Gasteiger charge is 2.35. The number of hydrogen-bond donors (Lipinski definition) is 0. The molecule has 0 saturated carbocycles. The van der Waals surface area contributed by atoms with Crippen molar-refractivity contribution in [1.29, 1.82) is 0 Å². The predicted molar refractivity (Wildman–Crippen MR) is 166 cm³/mol. The van der Waals surface area contributed by atoms with E-state index >= 15 is 0 Å². The number of carbonyl (C=O) groups is 4. The smallest absolute Gasteiger partial charge is 0.410 e. The maximum absolute atomic E-state index is 13.6. The standard InChI is InChI=1S/C30H48N10O6/c1-20(2)24(26(42)36-12-16-38(17-13-36)28(44)46-30(7,8)9)40-19-23(32-34-40)22-18-39(33-31-22)21(3)25(41)35-10-14-37(15-11-35)27(43)45-29(4,5)6/h18-21,24H,10-17H2,1-9H3. The molecule has 2 aliphatic heterocycles. The predicted octanol–water partition coefficient (Wildman–Crippen LogP) is 2.45. The van der Waals surface area contributed by atoms with Crippen LogP contribution in [0.5, 0.6) is 0 Å². The molecule has 2 aromatic rings. The van der Waals surface area contributed by atoms with Crippen molar-refractivity contribution in [3.8, 4) is 11.4 Å². The van der Waals surface area contributed by atoms with Gasteiger partial charge in [0.05, 0.1) is 12.4 Å². The Bertz CT molecular complexity index is 1390. The summed E-state index contributed by atoms with van der Waals surface area (Å²) in [5.74, 6) is -0.332. The first-order valence-electron chi connectivity index (χ1n) is 15.8. The Morgan fingerprint density at radius 3 is 1.39 bits per heavy atom. The Hall–Kier alpha value is -4.24. The van der Waals surface area contributed by atoms with E-state index in [9.17, 15) is 19.2 Å². The summed E-state index contributed by atoms with van der Waals surface area (Å²) in [6, 6.07) is -1.24. The summed E-state index contributed by atoms with van der Waals surface area (Å²) < 4.78 is 13.9. The van der Waals surface area contributed by atoms with Gasteiger partial charge in [-0.3, -0.25) is 9.59 Å². The molecule has 254 valence electrons. The summed E-state index contributed by atoms with van der Waals surface area (Å²) in [7, 11) is 0. The van der Waals surface area contributed by atoms with Gasteiger partial charge in [-0.25, -0.2) is 19.0 Å². The minimum Gasteiger partial charge on any atom is -0.444 e. The number of nitrogens with zero attached hydrogens (tertiary/aromatic N) is 10. The fourth-order valence-electron chi connectivity index (χ4n) is 5.25. The lowest BCUT2D eigenvalue weighted by molar-refractivity contribution is -0.138. The molecule has 2 unspecified atom stereocenters. The highest BCUT2D eigenvalue weighted by Crippen LogP contribution is 2.24. The molecule has 0 aromatic carbocycles. The van der Waals surface area contributed by atoms with Crippen LogP contribution < -0.4 is 0 Å². The molecular formula is C30H48N10O6. The van der Waals surface area contributed by atoms with Gasteiger partial charge in [-0.1, -0.05) is 24.3 Å². The zero-order chi connectivity index (χ0) is 34.0. The lowest BCUT2D eigenvalue weighted by Crippen LogP contribution is -2.53. The first-order chi connectivity index (χ1) is 21.4. The monoisotopic (exact) mass is 644 g/mol. The fraction of sp³-hybridized carbons (Fsp3) is 0.733. The highest BCUT2D eigenvalue weighted by molar-refractivity contribution is 5.81. The molecule has 0 bridgehead atoms. The van der Waals surface area contributed by atoms with E-state index in [0.29, 0.717) is 63.7 Å². The third-order valence-corrected chi connectivity index (χ3v) is 7.69. The van der Waals surface area contributed by atoms with Gasteiger partial charge in [0.1, 0.15) is 34.7 Å². The first-order valence-corrected chi connectivity index (χ1v) is 15.8. The van der Waals surface area contributed by atoms with Crippen molar-refractivity contribution >= 4 is 24.0 Å². The van der Waals surface area contributed by atoms with Gasteiger partial charge < -0.3 is 29.1 Å². The third-order valence-electron chi connectivity index (χ3n) is 7.69. The van der Waals surface area contributed by atoms with Crippen LogP contribution in [0, 0.1) is 5.92 Å². The van der Waals surface area contributed by atoms with E-state index in [4.69, 9.17) is 9.47 Å². The third kappa shape index (κ3) is 8.51. The fourth-order valence-corrected chi connectivity index (χ4v) is 5.25. The Kier molecular flexibility index (Phi) is 10.3. The summed E-state index contributed by atoms with van der Waals surface area (Å²) in [5, 5.41) is 16.9. The van der Waals surface area contributed by atoms with Crippen LogP contribution in [0.15, 0.2) is 12.4 Å². The van der Waals surface area contributed by atoms with E-state index in [0.717, 1.165) is 0 Å². The van der Waals surface area contributed by atoms with Crippen LogP contribution in [-0.2, 0) is 19.1 Å². The zero-order valence-corrected chi connectivity index (χ0v) is 28.5. The molecule has 4 rings (SSSR count). The molecule has 16 heteroatoms. The van der Waals surface area contributed by atoms with E-state index in [2.05, 4.69) is 20.6 Å². The van der Waals surface area contributed by atoms with E-state index in [1.807, 2.05) is 55.4 Å². The molecule has 4 heterocycles. The lowest BCUT2D eigenvalue weighted by atomic mass is 10.0. The SMILES string of the molecule is CC(C)C(C(=O)N1CCN(C(=O)OC(C)(C)C)CC1)n1cc(-c2cn(C(C)C(=O)N3CCN(C(=O)OC(C)(C)C)CC3)nn2)nn1. The molecule has 2 saturated heterocycles. The molecular weight excluding hydrogens is 596 g/mol. The largest absolute Gasteiger partial charge is 0.444 e. The summed E-state index contributed by atoms with van der Waals surface area (Å²) in [5.41, 5.74) is -0.330. The van der Waals surface area contributed by atoms with E-state index in [1.165, 1.54) is 4.68 Å². The van der Waals surface area contributed by atoms with E-state index in [-0.39, 0.29) is 29.9 Å². The number of rotatable bonds is 6. The van der Waals surface area contributed by atoms with E-state index < -0.39 is 23.3 Å². The Labute approximate surface area is 269 Å². The second kappa shape index (κ2) is 13.6. The van der Waals surface area contributed by atoms with E-state index in [1.54, 1.807) is 43.6 Å². The molecule has 2 aliphatic rings. The number of piperazine rings is 2. The normalized spacial score (nSPS) is 17.6. The van der Waals surface area contributed by atoms with Crippen molar-refractivity contribution in [2.45, 2.75) is 85.6 Å².